The number of rotatable bonds is 9. The normalized spacial score (nSPS) is 14.4. The Morgan fingerprint density at radius 1 is 1.05 bits per heavy atom. The van der Waals surface area contributed by atoms with Crippen LogP contribution in [0.2, 0.25) is 0 Å². The summed E-state index contributed by atoms with van der Waals surface area (Å²) in [6.45, 7) is 12.3. The van der Waals surface area contributed by atoms with Crippen LogP contribution in [-0.2, 0) is 11.3 Å². The van der Waals surface area contributed by atoms with E-state index in [9.17, 15) is 4.79 Å². The summed E-state index contributed by atoms with van der Waals surface area (Å²) in [5.74, 6) is 1.19. The molecule has 37 heavy (non-hydrogen) atoms. The number of piperazine rings is 1. The lowest BCUT2D eigenvalue weighted by Crippen LogP contribution is -2.45. The molecule has 0 aliphatic carbocycles. The van der Waals surface area contributed by atoms with Gasteiger partial charge in [-0.05, 0) is 53.9 Å². The zero-order chi connectivity index (χ0) is 25.6. The van der Waals surface area contributed by atoms with E-state index in [0.29, 0.717) is 23.3 Å². The summed E-state index contributed by atoms with van der Waals surface area (Å²) in [6, 6.07) is 17.5. The van der Waals surface area contributed by atoms with Crippen LogP contribution in [0.5, 0.6) is 11.6 Å². The Hall–Kier alpha value is -3.79. The van der Waals surface area contributed by atoms with Gasteiger partial charge < -0.3 is 20.3 Å². The molecule has 0 bridgehead atoms. The van der Waals surface area contributed by atoms with E-state index in [0.717, 1.165) is 55.2 Å². The van der Waals surface area contributed by atoms with Gasteiger partial charge in [-0.1, -0.05) is 31.7 Å². The minimum absolute atomic E-state index is 0.281. The smallest absolute Gasteiger partial charge is 0.247 e. The van der Waals surface area contributed by atoms with Gasteiger partial charge in [0.05, 0.1) is 5.52 Å². The van der Waals surface area contributed by atoms with Crippen LogP contribution in [0.3, 0.4) is 0 Å². The summed E-state index contributed by atoms with van der Waals surface area (Å²) in [5.41, 5.74) is 3.62. The summed E-state index contributed by atoms with van der Waals surface area (Å²) in [6.07, 6.45) is 1.23. The fourth-order valence-corrected chi connectivity index (χ4v) is 5.00. The van der Waals surface area contributed by atoms with Crippen LogP contribution in [0.4, 0.5) is 17.3 Å². The predicted octanol–water partition coefficient (Wildman–Crippen LogP) is 5.49. The van der Waals surface area contributed by atoms with Crippen LogP contribution in [0.25, 0.3) is 10.2 Å². The lowest BCUT2D eigenvalue weighted by atomic mass is 10.2. The summed E-state index contributed by atoms with van der Waals surface area (Å²) < 4.78 is 6.99. The highest BCUT2D eigenvalue weighted by Crippen LogP contribution is 2.33. The molecule has 0 saturated carbocycles. The number of carbonyl (C=O) groups is 1. The molecule has 0 unspecified atom stereocenters. The second-order valence-electron chi connectivity index (χ2n) is 8.84. The molecule has 9 heteroatoms. The molecule has 4 aromatic rings. The van der Waals surface area contributed by atoms with Crippen molar-refractivity contribution in [2.75, 3.05) is 43.4 Å². The summed E-state index contributed by atoms with van der Waals surface area (Å²) in [4.78, 5) is 26.0. The standard InChI is InChI=1S/C28H30N6O2S/c1-3-25(35)29-22-6-5-7-23(18-22)36-27-26-24(12-17-37-26)31-28(32-27)30-21-10-8-20(9-11-21)19-34-15-13-33(4-2)14-16-34/h3,5-12,17-18H,1,4,13-16,19H2,2H3,(H,29,35)(H,30,31,32). The number of hydrogen-bond donors (Lipinski definition) is 2. The van der Waals surface area contributed by atoms with Crippen molar-refractivity contribution in [2.24, 2.45) is 0 Å². The predicted molar refractivity (Wildman–Crippen MR) is 150 cm³/mol. The topological polar surface area (TPSA) is 82.6 Å². The number of nitrogens with zero attached hydrogens (tertiary/aromatic N) is 4. The Balaban J connectivity index is 1.28. The van der Waals surface area contributed by atoms with Crippen molar-refractivity contribution >= 4 is 44.8 Å². The van der Waals surface area contributed by atoms with Crippen LogP contribution < -0.4 is 15.4 Å². The second kappa shape index (κ2) is 11.5. The number of nitrogens with one attached hydrogen (secondary N) is 2. The number of thiophene rings is 1. The van der Waals surface area contributed by atoms with Crippen LogP contribution in [0.1, 0.15) is 12.5 Å². The molecule has 5 rings (SSSR count). The molecule has 1 aliphatic rings. The third-order valence-corrected chi connectivity index (χ3v) is 7.19. The van der Waals surface area contributed by atoms with Gasteiger partial charge in [0.25, 0.3) is 0 Å². The number of ether oxygens (including phenoxy) is 1. The van der Waals surface area contributed by atoms with Gasteiger partial charge in [0.1, 0.15) is 10.4 Å². The monoisotopic (exact) mass is 514 g/mol. The Bertz CT molecular complexity index is 1380. The molecule has 1 amide bonds. The summed E-state index contributed by atoms with van der Waals surface area (Å²) >= 11 is 1.52. The van der Waals surface area contributed by atoms with Crippen molar-refractivity contribution in [1.82, 2.24) is 19.8 Å². The van der Waals surface area contributed by atoms with Gasteiger partial charge in [-0.2, -0.15) is 4.98 Å². The van der Waals surface area contributed by atoms with Crippen molar-refractivity contribution < 1.29 is 9.53 Å². The fraction of sp³-hybridized carbons (Fsp3) is 0.250. The molecule has 1 aliphatic heterocycles. The number of anilines is 3. The van der Waals surface area contributed by atoms with Gasteiger partial charge >= 0.3 is 0 Å². The maximum atomic E-state index is 11.7. The number of likely N-dealkylation sites (N-methyl/N-ethyl adjacent to an activating group) is 1. The summed E-state index contributed by atoms with van der Waals surface area (Å²) in [7, 11) is 0. The van der Waals surface area contributed by atoms with E-state index >= 15 is 0 Å². The van der Waals surface area contributed by atoms with E-state index in [2.05, 4.69) is 68.2 Å². The minimum atomic E-state index is -0.281. The first kappa shape index (κ1) is 24.9. The van der Waals surface area contributed by atoms with Crippen LogP contribution in [-0.4, -0.2) is 58.4 Å². The lowest BCUT2D eigenvalue weighted by molar-refractivity contribution is -0.111. The van der Waals surface area contributed by atoms with E-state index < -0.39 is 0 Å². The maximum Gasteiger partial charge on any atom is 0.247 e. The highest BCUT2D eigenvalue weighted by molar-refractivity contribution is 7.17. The zero-order valence-corrected chi connectivity index (χ0v) is 21.6. The summed E-state index contributed by atoms with van der Waals surface area (Å²) in [5, 5.41) is 8.02. The molecular formula is C28H30N6O2S. The molecule has 1 saturated heterocycles. The van der Waals surface area contributed by atoms with Gasteiger partial charge in [0.15, 0.2) is 0 Å². The molecular weight excluding hydrogens is 484 g/mol. The molecule has 2 N–H and O–H groups in total. The molecule has 2 aromatic carbocycles. The average molecular weight is 515 g/mol. The molecule has 0 atom stereocenters. The van der Waals surface area contributed by atoms with Crippen LogP contribution in [0.15, 0.2) is 72.6 Å². The number of fused-ring (bicyclic) bond motifs is 1. The Morgan fingerprint density at radius 3 is 2.59 bits per heavy atom. The fourth-order valence-electron chi connectivity index (χ4n) is 4.25. The van der Waals surface area contributed by atoms with E-state index in [-0.39, 0.29) is 5.91 Å². The maximum absolute atomic E-state index is 11.7. The highest BCUT2D eigenvalue weighted by atomic mass is 32.1. The molecule has 0 radical (unpaired) electrons. The molecule has 3 heterocycles. The first-order chi connectivity index (χ1) is 18.1. The van der Waals surface area contributed by atoms with Crippen molar-refractivity contribution in [2.45, 2.75) is 13.5 Å². The number of amides is 1. The van der Waals surface area contributed by atoms with Crippen molar-refractivity contribution in [3.63, 3.8) is 0 Å². The minimum Gasteiger partial charge on any atom is -0.437 e. The van der Waals surface area contributed by atoms with Gasteiger partial charge in [-0.3, -0.25) is 9.69 Å². The first-order valence-corrected chi connectivity index (χ1v) is 13.2. The largest absolute Gasteiger partial charge is 0.437 e. The average Bonchev–Trinajstić information content (AvgIpc) is 3.39. The van der Waals surface area contributed by atoms with Crippen LogP contribution >= 0.6 is 11.3 Å². The molecule has 8 nitrogen and oxygen atoms in total. The lowest BCUT2D eigenvalue weighted by Gasteiger charge is -2.34. The molecule has 1 fully saturated rings. The van der Waals surface area contributed by atoms with E-state index in [1.165, 1.54) is 23.0 Å². The van der Waals surface area contributed by atoms with Crippen molar-refractivity contribution in [3.05, 3.63) is 78.2 Å². The van der Waals surface area contributed by atoms with Gasteiger partial charge in [0, 0.05) is 50.2 Å². The third-order valence-electron chi connectivity index (χ3n) is 6.30. The van der Waals surface area contributed by atoms with E-state index in [4.69, 9.17) is 4.74 Å². The Labute approximate surface area is 220 Å². The number of benzene rings is 2. The van der Waals surface area contributed by atoms with Crippen molar-refractivity contribution in [1.29, 1.82) is 0 Å². The SMILES string of the molecule is C=CC(=O)Nc1cccc(Oc2nc(Nc3ccc(CN4CCN(CC)CC4)cc3)nc3ccsc23)c1. The van der Waals surface area contributed by atoms with Gasteiger partial charge in [0.2, 0.25) is 17.7 Å². The van der Waals surface area contributed by atoms with Gasteiger partial charge in [-0.15, -0.1) is 11.3 Å². The Kier molecular flexibility index (Phi) is 7.74. The molecule has 190 valence electrons. The highest BCUT2D eigenvalue weighted by Gasteiger charge is 2.16. The number of carbonyl (C=O) groups excluding carboxylic acids is 1. The van der Waals surface area contributed by atoms with E-state index in [1.54, 1.807) is 12.1 Å². The Morgan fingerprint density at radius 2 is 1.84 bits per heavy atom. The van der Waals surface area contributed by atoms with E-state index in [1.807, 2.05) is 23.6 Å². The van der Waals surface area contributed by atoms with Crippen LogP contribution in [0, 0.1) is 0 Å². The number of aromatic nitrogens is 2. The molecule has 2 aromatic heterocycles. The quantitative estimate of drug-likeness (QED) is 0.286. The van der Waals surface area contributed by atoms with Gasteiger partial charge in [-0.25, -0.2) is 4.98 Å². The third kappa shape index (κ3) is 6.32. The number of hydrogen-bond acceptors (Lipinski definition) is 8. The zero-order valence-electron chi connectivity index (χ0n) is 20.8. The molecule has 0 spiro atoms. The second-order valence-corrected chi connectivity index (χ2v) is 9.76. The first-order valence-electron chi connectivity index (χ1n) is 12.4. The van der Waals surface area contributed by atoms with Crippen molar-refractivity contribution in [3.8, 4) is 11.6 Å².